The molecule has 3 unspecified atom stereocenters. The molecule has 3 atom stereocenters. The van der Waals surface area contributed by atoms with Crippen molar-refractivity contribution < 1.29 is 29.7 Å². The predicted molar refractivity (Wildman–Crippen MR) is 100 cm³/mol. The van der Waals surface area contributed by atoms with E-state index in [1.807, 2.05) is 0 Å². The maximum atomic E-state index is 10.2. The van der Waals surface area contributed by atoms with Crippen molar-refractivity contribution >= 4 is 23.9 Å². The molecule has 0 saturated carbocycles. The largest absolute Gasteiger partial charge is 0.480 e. The molecule has 0 radical (unpaired) electrons. The van der Waals surface area contributed by atoms with E-state index < -0.39 is 30.0 Å². The summed E-state index contributed by atoms with van der Waals surface area (Å²) < 4.78 is 0. The van der Waals surface area contributed by atoms with Crippen LogP contribution in [0.25, 0.3) is 0 Å². The molecule has 158 valence electrons. The van der Waals surface area contributed by atoms with Gasteiger partial charge in [-0.3, -0.25) is 19.4 Å². The Balaban J connectivity index is 0. The van der Waals surface area contributed by atoms with Gasteiger partial charge in [0.2, 0.25) is 0 Å². The summed E-state index contributed by atoms with van der Waals surface area (Å²) in [6, 6.07) is -1.77. The molecule has 0 aromatic rings. The van der Waals surface area contributed by atoms with Crippen LogP contribution in [-0.2, 0) is 14.4 Å². The van der Waals surface area contributed by atoms with E-state index in [0.29, 0.717) is 25.8 Å². The molecule has 1 rings (SSSR count). The number of aliphatic carboxylic acids is 3. The Labute approximate surface area is 158 Å². The fourth-order valence-corrected chi connectivity index (χ4v) is 1.71. The van der Waals surface area contributed by atoms with Crippen LogP contribution in [0.4, 0.5) is 0 Å². The van der Waals surface area contributed by atoms with Gasteiger partial charge in [-0.15, -0.1) is 0 Å². The summed E-state index contributed by atoms with van der Waals surface area (Å²) in [6.07, 6.45) is 3.24. The van der Waals surface area contributed by atoms with Crippen LogP contribution >= 0.6 is 0 Å². The Morgan fingerprint density at radius 2 is 1.67 bits per heavy atom. The van der Waals surface area contributed by atoms with Gasteiger partial charge in [0.05, 0.1) is 0 Å². The van der Waals surface area contributed by atoms with Crippen molar-refractivity contribution in [1.82, 2.24) is 5.32 Å². The normalized spacial score (nSPS) is 17.2. The molecule has 1 aliphatic rings. The van der Waals surface area contributed by atoms with Crippen LogP contribution in [0.15, 0.2) is 4.99 Å². The maximum absolute atomic E-state index is 10.2. The van der Waals surface area contributed by atoms with Crippen molar-refractivity contribution in [3.63, 3.8) is 0 Å². The Bertz CT molecular complexity index is 477. The standard InChI is InChI=1S/C6H14N4O2.C5H9NO2.C4H9NO2/c7-4(5(11)12)2-1-3-10-6(8)9;7-5(8)4-2-1-3-6-4;1-2-3(5)4(6)7/h4H,1-3,7H2,(H,11,12)(H4,8,9,10);4,6H,1-3H2,(H,7,8);3H,2,5H2,1H3,(H,6,7). The minimum absolute atomic E-state index is 0.0129. The highest BCUT2D eigenvalue weighted by Gasteiger charge is 2.20. The zero-order valence-electron chi connectivity index (χ0n) is 15.5. The molecule has 0 spiro atoms. The monoisotopic (exact) mass is 392 g/mol. The summed E-state index contributed by atoms with van der Waals surface area (Å²) in [7, 11) is 0. The third-order valence-electron chi connectivity index (χ3n) is 3.40. The van der Waals surface area contributed by atoms with Crippen molar-refractivity contribution in [3.05, 3.63) is 0 Å². The van der Waals surface area contributed by atoms with E-state index in [-0.39, 0.29) is 12.0 Å². The van der Waals surface area contributed by atoms with Crippen molar-refractivity contribution in [2.45, 2.75) is 57.2 Å². The Hall–Kier alpha value is -2.44. The van der Waals surface area contributed by atoms with Crippen molar-refractivity contribution in [1.29, 1.82) is 0 Å². The third kappa shape index (κ3) is 16.8. The molecule has 0 bridgehead atoms. The van der Waals surface area contributed by atoms with E-state index in [9.17, 15) is 14.4 Å². The first kappa shape index (κ1) is 26.8. The summed E-state index contributed by atoms with van der Waals surface area (Å²) in [5, 5.41) is 27.6. The number of guanidine groups is 1. The van der Waals surface area contributed by atoms with Crippen LogP contribution < -0.4 is 28.3 Å². The maximum Gasteiger partial charge on any atom is 0.320 e. The van der Waals surface area contributed by atoms with E-state index in [1.54, 1.807) is 6.92 Å². The molecule has 0 aromatic carbocycles. The number of hydrogen-bond acceptors (Lipinski definition) is 7. The molecule has 0 amide bonds. The van der Waals surface area contributed by atoms with Crippen molar-refractivity contribution in [2.24, 2.45) is 27.9 Å². The Morgan fingerprint density at radius 1 is 1.11 bits per heavy atom. The molecular weight excluding hydrogens is 360 g/mol. The molecule has 12 N–H and O–H groups in total. The number of hydrogen-bond donors (Lipinski definition) is 8. The Kier molecular flexibility index (Phi) is 15.7. The van der Waals surface area contributed by atoms with Gasteiger partial charge in [0, 0.05) is 6.54 Å². The fourth-order valence-electron chi connectivity index (χ4n) is 1.71. The van der Waals surface area contributed by atoms with E-state index >= 15 is 0 Å². The lowest BCUT2D eigenvalue weighted by molar-refractivity contribution is -0.139. The van der Waals surface area contributed by atoms with Crippen LogP contribution in [0.5, 0.6) is 0 Å². The van der Waals surface area contributed by atoms with Gasteiger partial charge in [-0.2, -0.15) is 0 Å². The van der Waals surface area contributed by atoms with E-state index in [0.717, 1.165) is 19.4 Å². The number of carbonyl (C=O) groups is 3. The van der Waals surface area contributed by atoms with Gasteiger partial charge < -0.3 is 43.6 Å². The zero-order valence-corrected chi connectivity index (χ0v) is 15.5. The van der Waals surface area contributed by atoms with Gasteiger partial charge in [0.15, 0.2) is 5.96 Å². The third-order valence-corrected chi connectivity index (χ3v) is 3.40. The minimum Gasteiger partial charge on any atom is -0.480 e. The van der Waals surface area contributed by atoms with Crippen LogP contribution in [0.2, 0.25) is 0 Å². The first-order valence-corrected chi connectivity index (χ1v) is 8.51. The second-order valence-electron chi connectivity index (χ2n) is 5.73. The average molecular weight is 392 g/mol. The highest BCUT2D eigenvalue weighted by molar-refractivity contribution is 5.75. The smallest absolute Gasteiger partial charge is 0.320 e. The van der Waals surface area contributed by atoms with Crippen LogP contribution in [0, 0.1) is 0 Å². The van der Waals surface area contributed by atoms with Crippen molar-refractivity contribution in [3.8, 4) is 0 Å². The number of carboxylic acids is 3. The van der Waals surface area contributed by atoms with Gasteiger partial charge in [0.25, 0.3) is 0 Å². The van der Waals surface area contributed by atoms with E-state index in [2.05, 4.69) is 10.3 Å². The number of nitrogens with one attached hydrogen (secondary N) is 1. The highest BCUT2D eigenvalue weighted by Crippen LogP contribution is 2.03. The molecular formula is C15H32N6O6. The summed E-state index contributed by atoms with van der Waals surface area (Å²) in [5.41, 5.74) is 20.3. The molecule has 1 fully saturated rings. The van der Waals surface area contributed by atoms with E-state index in [1.165, 1.54) is 0 Å². The molecule has 1 heterocycles. The first-order chi connectivity index (χ1) is 12.5. The lowest BCUT2D eigenvalue weighted by Crippen LogP contribution is -2.30. The zero-order chi connectivity index (χ0) is 21.4. The van der Waals surface area contributed by atoms with Crippen LogP contribution in [0.1, 0.15) is 39.0 Å². The Morgan fingerprint density at radius 3 is 1.93 bits per heavy atom. The van der Waals surface area contributed by atoms with Crippen LogP contribution in [0.3, 0.4) is 0 Å². The number of nitrogens with two attached hydrogens (primary N) is 4. The van der Waals surface area contributed by atoms with Gasteiger partial charge in [0.1, 0.15) is 18.1 Å². The number of nitrogens with zero attached hydrogens (tertiary/aromatic N) is 1. The number of carboxylic acid groups (broad SMARTS) is 3. The summed E-state index contributed by atoms with van der Waals surface area (Å²) in [5.74, 6) is -2.64. The summed E-state index contributed by atoms with van der Waals surface area (Å²) in [4.78, 5) is 33.8. The topological polar surface area (TPSA) is 240 Å². The molecule has 0 aliphatic carbocycles. The lowest BCUT2D eigenvalue weighted by atomic mass is 10.2. The quantitative estimate of drug-likeness (QED) is 0.129. The number of rotatable bonds is 8. The second-order valence-corrected chi connectivity index (χ2v) is 5.73. The highest BCUT2D eigenvalue weighted by atomic mass is 16.4. The predicted octanol–water partition coefficient (Wildman–Crippen LogP) is -1.92. The van der Waals surface area contributed by atoms with Crippen LogP contribution in [-0.4, -0.2) is 70.4 Å². The van der Waals surface area contributed by atoms with Crippen molar-refractivity contribution in [2.75, 3.05) is 13.1 Å². The van der Waals surface area contributed by atoms with Gasteiger partial charge in [-0.05, 0) is 38.6 Å². The molecule has 12 heteroatoms. The average Bonchev–Trinajstić information content (AvgIpc) is 3.13. The van der Waals surface area contributed by atoms with Gasteiger partial charge in [-0.25, -0.2) is 0 Å². The number of aliphatic imine (C=N–C) groups is 1. The SMILES string of the molecule is CCC(N)C(=O)O.NC(N)=NCCCC(N)C(=O)O.O=C(O)C1CCCN1. The summed E-state index contributed by atoms with van der Waals surface area (Å²) >= 11 is 0. The minimum atomic E-state index is -1.00. The molecule has 12 nitrogen and oxygen atoms in total. The fraction of sp³-hybridized carbons (Fsp3) is 0.733. The molecule has 1 aliphatic heterocycles. The second kappa shape index (κ2) is 15.8. The molecule has 0 aromatic heterocycles. The lowest BCUT2D eigenvalue weighted by Gasteiger charge is -2.03. The summed E-state index contributed by atoms with van der Waals surface area (Å²) in [6.45, 7) is 3.01. The van der Waals surface area contributed by atoms with Gasteiger partial charge >= 0.3 is 17.9 Å². The first-order valence-electron chi connectivity index (χ1n) is 8.51. The molecule has 27 heavy (non-hydrogen) atoms. The van der Waals surface area contributed by atoms with Gasteiger partial charge in [-0.1, -0.05) is 6.92 Å². The van der Waals surface area contributed by atoms with E-state index in [4.69, 9.17) is 38.3 Å². The molecule has 1 saturated heterocycles.